The zero-order valence-corrected chi connectivity index (χ0v) is 18.5. The van der Waals surface area contributed by atoms with E-state index in [1.165, 1.54) is 16.7 Å². The van der Waals surface area contributed by atoms with Crippen LogP contribution in [-0.4, -0.2) is 56.5 Å². The number of carbonyl (C=O) groups is 1. The Kier molecular flexibility index (Phi) is 7.13. The van der Waals surface area contributed by atoms with E-state index >= 15 is 0 Å². The average Bonchev–Trinajstić information content (AvgIpc) is 2.87. The molecule has 1 aliphatic heterocycles. The van der Waals surface area contributed by atoms with Gasteiger partial charge < -0.3 is 14.5 Å². The quantitative estimate of drug-likeness (QED) is 0.664. The Bertz CT molecular complexity index is 808. The molecule has 1 aliphatic rings. The molecule has 0 saturated heterocycles. The van der Waals surface area contributed by atoms with Crippen molar-refractivity contribution in [2.24, 2.45) is 0 Å². The maximum absolute atomic E-state index is 12.9. The van der Waals surface area contributed by atoms with Crippen molar-refractivity contribution >= 4 is 21.8 Å². The molecule has 4 nitrogen and oxygen atoms in total. The van der Waals surface area contributed by atoms with Crippen molar-refractivity contribution < 1.29 is 9.53 Å². The Morgan fingerprint density at radius 2 is 2.00 bits per heavy atom. The molecule has 0 aliphatic carbocycles. The van der Waals surface area contributed by atoms with Gasteiger partial charge in [0.2, 0.25) is 5.91 Å². The Balaban J connectivity index is 1.90. The molecule has 2 aromatic carbocycles. The fourth-order valence-corrected chi connectivity index (χ4v) is 4.43. The number of hydrogen-bond acceptors (Lipinski definition) is 3. The van der Waals surface area contributed by atoms with Gasteiger partial charge in [-0.25, -0.2) is 0 Å². The summed E-state index contributed by atoms with van der Waals surface area (Å²) in [5.41, 5.74) is 3.78. The third kappa shape index (κ3) is 4.95. The summed E-state index contributed by atoms with van der Waals surface area (Å²) < 4.78 is 6.52. The van der Waals surface area contributed by atoms with Crippen molar-refractivity contribution in [3.63, 3.8) is 0 Å². The Labute approximate surface area is 176 Å². The zero-order valence-electron chi connectivity index (χ0n) is 17.0. The molecule has 28 heavy (non-hydrogen) atoms. The van der Waals surface area contributed by atoms with Crippen LogP contribution in [-0.2, 0) is 11.2 Å². The number of methoxy groups -OCH3 is 1. The number of benzene rings is 2. The van der Waals surface area contributed by atoms with Gasteiger partial charge >= 0.3 is 0 Å². The summed E-state index contributed by atoms with van der Waals surface area (Å²) in [7, 11) is 5.79. The van der Waals surface area contributed by atoms with E-state index in [9.17, 15) is 4.79 Å². The maximum Gasteiger partial charge on any atom is 0.222 e. The van der Waals surface area contributed by atoms with Gasteiger partial charge in [-0.1, -0.05) is 30.3 Å². The van der Waals surface area contributed by atoms with Crippen LogP contribution in [0.5, 0.6) is 5.75 Å². The summed E-state index contributed by atoms with van der Waals surface area (Å²) in [4.78, 5) is 17.1. The minimum absolute atomic E-state index is 0.151. The SMILES string of the molecule is COc1cc2c(cc1Br)CCN(C(=O)CCCN(C)C)CC2c1ccccc1. The van der Waals surface area contributed by atoms with Crippen molar-refractivity contribution in [3.8, 4) is 5.75 Å². The van der Waals surface area contributed by atoms with E-state index in [4.69, 9.17) is 4.74 Å². The Morgan fingerprint density at radius 3 is 2.68 bits per heavy atom. The fraction of sp³-hybridized carbons (Fsp3) is 0.435. The topological polar surface area (TPSA) is 32.8 Å². The van der Waals surface area contributed by atoms with Crippen LogP contribution in [0.1, 0.15) is 35.4 Å². The highest BCUT2D eigenvalue weighted by Gasteiger charge is 2.28. The van der Waals surface area contributed by atoms with Gasteiger partial charge in [-0.05, 0) is 78.2 Å². The summed E-state index contributed by atoms with van der Waals surface area (Å²) in [6.45, 7) is 2.41. The molecule has 0 radical (unpaired) electrons. The van der Waals surface area contributed by atoms with Crippen molar-refractivity contribution in [3.05, 3.63) is 63.6 Å². The number of ether oxygens (including phenoxy) is 1. The minimum atomic E-state index is 0.151. The largest absolute Gasteiger partial charge is 0.496 e. The third-order valence-electron chi connectivity index (χ3n) is 5.39. The number of amides is 1. The van der Waals surface area contributed by atoms with Gasteiger partial charge in [0, 0.05) is 25.4 Å². The molecule has 2 aromatic rings. The smallest absolute Gasteiger partial charge is 0.222 e. The summed E-state index contributed by atoms with van der Waals surface area (Å²) in [6.07, 6.45) is 2.36. The normalized spacial score (nSPS) is 16.6. The van der Waals surface area contributed by atoms with Gasteiger partial charge in [-0.15, -0.1) is 0 Å². The summed E-state index contributed by atoms with van der Waals surface area (Å²) >= 11 is 3.62. The first-order chi connectivity index (χ1) is 13.5. The van der Waals surface area contributed by atoms with Gasteiger partial charge in [0.15, 0.2) is 0 Å². The standard InChI is InChI=1S/C23H29BrN2O2/c1-25(2)12-7-10-23(27)26-13-11-18-14-21(24)22(28-3)15-19(18)20(16-26)17-8-5-4-6-9-17/h4-6,8-9,14-15,20H,7,10-13,16H2,1-3H3. The van der Waals surface area contributed by atoms with Crippen LogP contribution < -0.4 is 4.74 Å². The lowest BCUT2D eigenvalue weighted by atomic mass is 9.88. The molecule has 1 heterocycles. The van der Waals surface area contributed by atoms with Crippen molar-refractivity contribution in [2.75, 3.05) is 40.8 Å². The first-order valence-corrected chi connectivity index (χ1v) is 10.6. The molecule has 1 unspecified atom stereocenters. The molecule has 0 bridgehead atoms. The number of carbonyl (C=O) groups excluding carboxylic acids is 1. The lowest BCUT2D eigenvalue weighted by Gasteiger charge is -2.26. The summed E-state index contributed by atoms with van der Waals surface area (Å²) in [6, 6.07) is 14.8. The van der Waals surface area contributed by atoms with Crippen LogP contribution in [0.3, 0.4) is 0 Å². The van der Waals surface area contributed by atoms with E-state index in [0.717, 1.165) is 36.2 Å². The number of halogens is 1. The molecule has 3 rings (SSSR count). The molecular weight excluding hydrogens is 416 g/mol. The van der Waals surface area contributed by atoms with E-state index < -0.39 is 0 Å². The molecule has 0 aromatic heterocycles. The Hall–Kier alpha value is -1.85. The minimum Gasteiger partial charge on any atom is -0.496 e. The third-order valence-corrected chi connectivity index (χ3v) is 6.01. The monoisotopic (exact) mass is 444 g/mol. The van der Waals surface area contributed by atoms with Crippen molar-refractivity contribution in [1.29, 1.82) is 0 Å². The van der Waals surface area contributed by atoms with E-state index in [-0.39, 0.29) is 11.8 Å². The first kappa shape index (κ1) is 20.9. The molecule has 0 fully saturated rings. The summed E-state index contributed by atoms with van der Waals surface area (Å²) in [5.74, 6) is 1.24. The number of nitrogens with zero attached hydrogens (tertiary/aromatic N) is 2. The number of fused-ring (bicyclic) bond motifs is 1. The van der Waals surface area contributed by atoms with Gasteiger partial charge in [0.05, 0.1) is 11.6 Å². The maximum atomic E-state index is 12.9. The second-order valence-corrected chi connectivity index (χ2v) is 8.50. The van der Waals surface area contributed by atoms with Crippen LogP contribution in [0.2, 0.25) is 0 Å². The highest BCUT2D eigenvalue weighted by Crippen LogP contribution is 2.37. The van der Waals surface area contributed by atoms with Gasteiger partial charge in [0.25, 0.3) is 0 Å². The number of rotatable bonds is 6. The molecule has 1 amide bonds. The van der Waals surface area contributed by atoms with Gasteiger partial charge in [-0.3, -0.25) is 4.79 Å². The lowest BCUT2D eigenvalue weighted by molar-refractivity contribution is -0.131. The van der Waals surface area contributed by atoms with Crippen molar-refractivity contribution in [2.45, 2.75) is 25.2 Å². The highest BCUT2D eigenvalue weighted by atomic mass is 79.9. The molecule has 0 spiro atoms. The second-order valence-electron chi connectivity index (χ2n) is 7.65. The molecule has 150 valence electrons. The van der Waals surface area contributed by atoms with E-state index in [1.807, 2.05) is 25.1 Å². The first-order valence-electron chi connectivity index (χ1n) is 9.83. The van der Waals surface area contributed by atoms with Crippen LogP contribution in [0.25, 0.3) is 0 Å². The van der Waals surface area contributed by atoms with E-state index in [0.29, 0.717) is 13.0 Å². The average molecular weight is 445 g/mol. The second kappa shape index (κ2) is 9.57. The summed E-state index contributed by atoms with van der Waals surface area (Å²) in [5, 5.41) is 0. The molecule has 5 heteroatoms. The molecule has 1 atom stereocenters. The fourth-order valence-electron chi connectivity index (χ4n) is 3.87. The van der Waals surface area contributed by atoms with Gasteiger partial charge in [-0.2, -0.15) is 0 Å². The zero-order chi connectivity index (χ0) is 20.1. The van der Waals surface area contributed by atoms with Crippen molar-refractivity contribution in [1.82, 2.24) is 9.80 Å². The Morgan fingerprint density at radius 1 is 1.25 bits per heavy atom. The highest BCUT2D eigenvalue weighted by molar-refractivity contribution is 9.10. The van der Waals surface area contributed by atoms with Crippen LogP contribution >= 0.6 is 15.9 Å². The van der Waals surface area contributed by atoms with Crippen LogP contribution in [0.4, 0.5) is 0 Å². The molecule has 0 N–H and O–H groups in total. The predicted octanol–water partition coefficient (Wildman–Crippen LogP) is 4.32. The van der Waals surface area contributed by atoms with E-state index in [2.05, 4.69) is 57.2 Å². The molecular formula is C23H29BrN2O2. The van der Waals surface area contributed by atoms with Gasteiger partial charge in [0.1, 0.15) is 5.75 Å². The lowest BCUT2D eigenvalue weighted by Crippen LogP contribution is -2.35. The predicted molar refractivity (Wildman–Crippen MR) is 117 cm³/mol. The molecule has 0 saturated carbocycles. The van der Waals surface area contributed by atoms with Crippen LogP contribution in [0, 0.1) is 0 Å². The van der Waals surface area contributed by atoms with E-state index in [1.54, 1.807) is 7.11 Å². The number of hydrogen-bond donors (Lipinski definition) is 0. The van der Waals surface area contributed by atoms with Crippen LogP contribution in [0.15, 0.2) is 46.9 Å².